The molecule has 1 heterocycles. The molecule has 5 heteroatoms. The van der Waals surface area contributed by atoms with Gasteiger partial charge in [-0.2, -0.15) is 0 Å². The normalized spacial score (nSPS) is 13.8. The summed E-state index contributed by atoms with van der Waals surface area (Å²) in [4.78, 5) is 23.2. The van der Waals surface area contributed by atoms with Gasteiger partial charge in [-0.1, -0.05) is 6.07 Å². The summed E-state index contributed by atoms with van der Waals surface area (Å²) in [6.07, 6.45) is 0.562. The van der Waals surface area contributed by atoms with Crippen molar-refractivity contribution in [2.75, 3.05) is 11.4 Å². The third-order valence-electron chi connectivity index (χ3n) is 2.58. The van der Waals surface area contributed by atoms with Gasteiger partial charge in [-0.05, 0) is 12.5 Å². The van der Waals surface area contributed by atoms with Crippen LogP contribution in [0.1, 0.15) is 12.5 Å². The maximum atomic E-state index is 11.2. The minimum atomic E-state index is -0.400. The first-order chi connectivity index (χ1) is 7.11. The van der Waals surface area contributed by atoms with Gasteiger partial charge < -0.3 is 4.90 Å². The first-order valence-electron chi connectivity index (χ1n) is 4.65. The Kier molecular flexibility index (Phi) is 2.15. The van der Waals surface area contributed by atoms with Gasteiger partial charge in [0.25, 0.3) is 5.69 Å². The van der Waals surface area contributed by atoms with Crippen LogP contribution in [0, 0.1) is 10.1 Å². The summed E-state index contributed by atoms with van der Waals surface area (Å²) in [7, 11) is 0. The predicted octanol–water partition coefficient (Wildman–Crippen LogP) is 1.50. The molecule has 78 valence electrons. The summed E-state index contributed by atoms with van der Waals surface area (Å²) in [5, 5.41) is 10.7. The van der Waals surface area contributed by atoms with E-state index in [1.165, 1.54) is 13.0 Å². The van der Waals surface area contributed by atoms with Crippen molar-refractivity contribution in [3.63, 3.8) is 0 Å². The van der Waals surface area contributed by atoms with Crippen LogP contribution in [0.5, 0.6) is 0 Å². The molecule has 0 fully saturated rings. The summed E-state index contributed by atoms with van der Waals surface area (Å²) in [6, 6.07) is 4.83. The quantitative estimate of drug-likeness (QED) is 0.516. The van der Waals surface area contributed by atoms with Gasteiger partial charge in [0.1, 0.15) is 0 Å². The number of rotatable bonds is 1. The number of carbonyl (C=O) groups is 1. The van der Waals surface area contributed by atoms with Gasteiger partial charge >= 0.3 is 0 Å². The molecule has 0 N–H and O–H groups in total. The fourth-order valence-corrected chi connectivity index (χ4v) is 1.91. The maximum absolute atomic E-state index is 11.2. The third-order valence-corrected chi connectivity index (χ3v) is 2.58. The van der Waals surface area contributed by atoms with Crippen LogP contribution in [0.3, 0.4) is 0 Å². The van der Waals surface area contributed by atoms with E-state index in [4.69, 9.17) is 0 Å². The van der Waals surface area contributed by atoms with Crippen LogP contribution < -0.4 is 4.90 Å². The molecule has 0 aromatic heterocycles. The predicted molar refractivity (Wildman–Crippen MR) is 54.8 cm³/mol. The average molecular weight is 206 g/mol. The Morgan fingerprint density at radius 3 is 2.87 bits per heavy atom. The van der Waals surface area contributed by atoms with Gasteiger partial charge in [-0.15, -0.1) is 0 Å². The van der Waals surface area contributed by atoms with Crippen molar-refractivity contribution in [1.29, 1.82) is 0 Å². The maximum Gasteiger partial charge on any atom is 0.274 e. The van der Waals surface area contributed by atoms with Crippen LogP contribution in [-0.4, -0.2) is 17.4 Å². The van der Waals surface area contributed by atoms with Gasteiger partial charge in [0, 0.05) is 19.5 Å². The molecule has 0 saturated carbocycles. The molecule has 0 bridgehead atoms. The second-order valence-corrected chi connectivity index (χ2v) is 3.45. The molecule has 1 aliphatic rings. The van der Waals surface area contributed by atoms with E-state index in [9.17, 15) is 14.9 Å². The van der Waals surface area contributed by atoms with Gasteiger partial charge in [0.05, 0.1) is 16.2 Å². The molecule has 1 aromatic carbocycles. The molecule has 1 amide bonds. The van der Waals surface area contributed by atoms with Crippen molar-refractivity contribution < 1.29 is 9.72 Å². The molecule has 0 spiro atoms. The molecule has 2 rings (SSSR count). The van der Waals surface area contributed by atoms with Crippen molar-refractivity contribution in [1.82, 2.24) is 0 Å². The zero-order valence-electron chi connectivity index (χ0n) is 8.27. The van der Waals surface area contributed by atoms with Crippen molar-refractivity contribution in [3.05, 3.63) is 33.9 Å². The van der Waals surface area contributed by atoms with Crippen molar-refractivity contribution in [2.24, 2.45) is 0 Å². The van der Waals surface area contributed by atoms with E-state index in [1.54, 1.807) is 17.0 Å². The highest BCUT2D eigenvalue weighted by Crippen LogP contribution is 2.34. The number of hydrogen-bond donors (Lipinski definition) is 0. The number of amides is 1. The smallest absolute Gasteiger partial charge is 0.274 e. The topological polar surface area (TPSA) is 63.5 Å². The lowest BCUT2D eigenvalue weighted by molar-refractivity contribution is -0.385. The zero-order chi connectivity index (χ0) is 11.0. The van der Waals surface area contributed by atoms with E-state index in [0.717, 1.165) is 0 Å². The summed E-state index contributed by atoms with van der Waals surface area (Å²) in [5.41, 5.74) is 1.45. The Hall–Kier alpha value is -1.91. The van der Waals surface area contributed by atoms with Crippen molar-refractivity contribution in [3.8, 4) is 0 Å². The number of anilines is 1. The van der Waals surface area contributed by atoms with Crippen molar-refractivity contribution in [2.45, 2.75) is 13.3 Å². The van der Waals surface area contributed by atoms with Gasteiger partial charge in [0.2, 0.25) is 5.91 Å². The first-order valence-corrected chi connectivity index (χ1v) is 4.65. The second kappa shape index (κ2) is 3.34. The van der Waals surface area contributed by atoms with Gasteiger partial charge in [-0.3, -0.25) is 14.9 Å². The summed E-state index contributed by atoms with van der Waals surface area (Å²) >= 11 is 0. The Bertz CT molecular complexity index is 442. The highest BCUT2D eigenvalue weighted by molar-refractivity contribution is 5.94. The number of nitro benzene ring substituents is 1. The number of nitro groups is 1. The Morgan fingerprint density at radius 1 is 1.53 bits per heavy atom. The van der Waals surface area contributed by atoms with Crippen LogP contribution in [0.2, 0.25) is 0 Å². The minimum Gasteiger partial charge on any atom is -0.312 e. The molecular weight excluding hydrogens is 196 g/mol. The van der Waals surface area contributed by atoms with Crippen LogP contribution in [0.4, 0.5) is 11.4 Å². The third kappa shape index (κ3) is 1.45. The average Bonchev–Trinajstić information content (AvgIpc) is 2.59. The number of nitrogens with zero attached hydrogens (tertiary/aromatic N) is 2. The standard InChI is InChI=1S/C10H10N2O3/c1-7(13)11-6-5-8-9(11)3-2-4-10(8)12(14)15/h2-4H,5-6H2,1H3. The Balaban J connectivity index is 2.52. The number of benzene rings is 1. The Morgan fingerprint density at radius 2 is 2.27 bits per heavy atom. The SMILES string of the molecule is CC(=O)N1CCc2c1cccc2[N+](=O)[O-]. The highest BCUT2D eigenvalue weighted by atomic mass is 16.6. The summed E-state index contributed by atoms with van der Waals surface area (Å²) < 4.78 is 0. The molecule has 0 saturated heterocycles. The molecule has 0 radical (unpaired) electrons. The van der Waals surface area contributed by atoms with Gasteiger partial charge in [-0.25, -0.2) is 0 Å². The van der Waals surface area contributed by atoms with Crippen LogP contribution >= 0.6 is 0 Å². The highest BCUT2D eigenvalue weighted by Gasteiger charge is 2.28. The van der Waals surface area contributed by atoms with E-state index in [2.05, 4.69) is 0 Å². The van der Waals surface area contributed by atoms with Crippen LogP contribution in [0.15, 0.2) is 18.2 Å². The lowest BCUT2D eigenvalue weighted by atomic mass is 10.1. The van der Waals surface area contributed by atoms with E-state index < -0.39 is 4.92 Å². The van der Waals surface area contributed by atoms with Crippen molar-refractivity contribution >= 4 is 17.3 Å². The van der Waals surface area contributed by atoms with E-state index in [1.807, 2.05) is 0 Å². The molecule has 1 aromatic rings. The molecule has 0 unspecified atom stereocenters. The van der Waals surface area contributed by atoms with Crippen LogP contribution in [-0.2, 0) is 11.2 Å². The lowest BCUT2D eigenvalue weighted by Crippen LogP contribution is -2.25. The van der Waals surface area contributed by atoms with E-state index in [-0.39, 0.29) is 11.6 Å². The monoisotopic (exact) mass is 206 g/mol. The van der Waals surface area contributed by atoms with Crippen LogP contribution in [0.25, 0.3) is 0 Å². The Labute approximate surface area is 86.5 Å². The molecule has 1 aliphatic heterocycles. The number of carbonyl (C=O) groups excluding carboxylic acids is 1. The second-order valence-electron chi connectivity index (χ2n) is 3.45. The fourth-order valence-electron chi connectivity index (χ4n) is 1.91. The molecule has 15 heavy (non-hydrogen) atoms. The first kappa shape index (κ1) is 9.64. The number of hydrogen-bond acceptors (Lipinski definition) is 3. The lowest BCUT2D eigenvalue weighted by Gasteiger charge is -2.13. The number of fused-ring (bicyclic) bond motifs is 1. The summed E-state index contributed by atoms with van der Waals surface area (Å²) in [5.74, 6) is -0.0748. The molecule has 0 aliphatic carbocycles. The van der Waals surface area contributed by atoms with E-state index in [0.29, 0.717) is 24.2 Å². The fraction of sp³-hybridized carbons (Fsp3) is 0.300. The minimum absolute atomic E-state index is 0.0748. The van der Waals surface area contributed by atoms with E-state index >= 15 is 0 Å². The largest absolute Gasteiger partial charge is 0.312 e. The van der Waals surface area contributed by atoms with Gasteiger partial charge in [0.15, 0.2) is 0 Å². The summed E-state index contributed by atoms with van der Waals surface area (Å²) in [6.45, 7) is 2.00. The molecular formula is C10H10N2O3. The zero-order valence-corrected chi connectivity index (χ0v) is 8.27. The molecule has 0 atom stereocenters. The molecule has 5 nitrogen and oxygen atoms in total.